The largest absolute Gasteiger partial charge is 0.356 e. The predicted molar refractivity (Wildman–Crippen MR) is 121 cm³/mol. The summed E-state index contributed by atoms with van der Waals surface area (Å²) in [5.41, 5.74) is 1.79. The van der Waals surface area contributed by atoms with Crippen LogP contribution in [0.15, 0.2) is 29.3 Å². The molecule has 1 aromatic carbocycles. The molecule has 148 valence electrons. The molecule has 0 unspecified atom stereocenters. The molecule has 0 aliphatic carbocycles. The number of carbonyl (C=O) groups excluding carboxylic acids is 1. The van der Waals surface area contributed by atoms with Crippen molar-refractivity contribution in [2.45, 2.75) is 58.4 Å². The molecule has 0 heterocycles. The molecule has 5 nitrogen and oxygen atoms in total. The zero-order chi connectivity index (χ0) is 18.3. The number of hydrogen-bond acceptors (Lipinski definition) is 2. The maximum atomic E-state index is 11.5. The van der Waals surface area contributed by atoms with Crippen LogP contribution in [-0.2, 0) is 6.54 Å². The highest BCUT2D eigenvalue weighted by Gasteiger charge is 2.03. The Morgan fingerprint density at radius 1 is 0.962 bits per heavy atom. The second-order valence-electron chi connectivity index (χ2n) is 6.25. The molecular weight excluding hydrogens is 439 g/mol. The number of unbranched alkanes of at least 4 members (excludes halogenated alkanes) is 6. The number of aliphatic imine (C=N–C) groups is 1. The maximum absolute atomic E-state index is 11.5. The summed E-state index contributed by atoms with van der Waals surface area (Å²) < 4.78 is 0. The molecule has 0 saturated carbocycles. The average Bonchev–Trinajstić information content (AvgIpc) is 2.66. The van der Waals surface area contributed by atoms with Crippen LogP contribution in [0.1, 0.15) is 67.8 Å². The third-order valence-corrected chi connectivity index (χ3v) is 4.20. The molecule has 1 aromatic rings. The Bertz CT molecular complexity index is 517. The monoisotopic (exact) mass is 474 g/mol. The van der Waals surface area contributed by atoms with Gasteiger partial charge in [0.1, 0.15) is 0 Å². The fourth-order valence-corrected chi connectivity index (χ4v) is 2.61. The fourth-order valence-electron chi connectivity index (χ4n) is 2.61. The number of halogens is 1. The Labute approximate surface area is 175 Å². The number of nitrogens with one attached hydrogen (secondary N) is 3. The van der Waals surface area contributed by atoms with E-state index in [1.807, 2.05) is 24.3 Å². The smallest absolute Gasteiger partial charge is 0.251 e. The molecule has 0 aliphatic rings. The van der Waals surface area contributed by atoms with Crippen LogP contribution >= 0.6 is 24.0 Å². The summed E-state index contributed by atoms with van der Waals surface area (Å²) in [4.78, 5) is 15.8. The lowest BCUT2D eigenvalue weighted by molar-refractivity contribution is 0.0963. The molecule has 0 bridgehead atoms. The van der Waals surface area contributed by atoms with Gasteiger partial charge in [-0.25, -0.2) is 0 Å². The number of hydrogen-bond donors (Lipinski definition) is 3. The van der Waals surface area contributed by atoms with Crippen LogP contribution < -0.4 is 16.0 Å². The zero-order valence-electron chi connectivity index (χ0n) is 16.4. The second-order valence-corrected chi connectivity index (χ2v) is 6.25. The van der Waals surface area contributed by atoms with E-state index >= 15 is 0 Å². The lowest BCUT2D eigenvalue weighted by Gasteiger charge is -2.12. The van der Waals surface area contributed by atoms with E-state index in [0.717, 1.165) is 18.1 Å². The van der Waals surface area contributed by atoms with Crippen LogP contribution in [0.25, 0.3) is 0 Å². The van der Waals surface area contributed by atoms with Gasteiger partial charge in [-0.3, -0.25) is 9.79 Å². The van der Waals surface area contributed by atoms with Crippen LogP contribution in [0.3, 0.4) is 0 Å². The minimum atomic E-state index is -0.0633. The Morgan fingerprint density at radius 3 is 2.15 bits per heavy atom. The van der Waals surface area contributed by atoms with Crippen LogP contribution in [-0.4, -0.2) is 32.5 Å². The molecule has 3 N–H and O–H groups in total. The standard InChI is InChI=1S/C20H34N4O.HI/c1-4-5-6-7-8-9-10-15-23-20(22-3)24-16-17-11-13-18(14-12-17)19(25)21-2;/h11-14H,4-10,15-16H2,1-3H3,(H,21,25)(H2,22,23,24);1H. The summed E-state index contributed by atoms with van der Waals surface area (Å²) in [5, 5.41) is 9.28. The molecule has 0 saturated heterocycles. The summed E-state index contributed by atoms with van der Waals surface area (Å²) in [6, 6.07) is 7.59. The van der Waals surface area contributed by atoms with Crippen molar-refractivity contribution in [3.05, 3.63) is 35.4 Å². The van der Waals surface area contributed by atoms with Crippen molar-refractivity contribution in [2.75, 3.05) is 20.6 Å². The number of rotatable bonds is 11. The minimum Gasteiger partial charge on any atom is -0.356 e. The molecule has 6 heteroatoms. The molecule has 1 amide bonds. The van der Waals surface area contributed by atoms with Gasteiger partial charge in [0.05, 0.1) is 0 Å². The highest BCUT2D eigenvalue weighted by atomic mass is 127. The first-order valence-corrected chi connectivity index (χ1v) is 9.46. The van der Waals surface area contributed by atoms with E-state index in [0.29, 0.717) is 12.1 Å². The third kappa shape index (κ3) is 10.6. The highest BCUT2D eigenvalue weighted by Crippen LogP contribution is 2.06. The number of nitrogens with zero attached hydrogens (tertiary/aromatic N) is 1. The van der Waals surface area contributed by atoms with Crippen molar-refractivity contribution in [1.82, 2.24) is 16.0 Å². The van der Waals surface area contributed by atoms with Gasteiger partial charge in [-0.2, -0.15) is 0 Å². The third-order valence-electron chi connectivity index (χ3n) is 4.20. The van der Waals surface area contributed by atoms with Gasteiger partial charge in [0.15, 0.2) is 5.96 Å². The Kier molecular flexibility index (Phi) is 15.1. The Balaban J connectivity index is 0.00000625. The number of benzene rings is 1. The normalized spacial score (nSPS) is 10.8. The summed E-state index contributed by atoms with van der Waals surface area (Å²) in [5.74, 6) is 0.757. The van der Waals surface area contributed by atoms with E-state index in [4.69, 9.17) is 0 Å². The molecule has 0 fully saturated rings. The van der Waals surface area contributed by atoms with E-state index in [1.54, 1.807) is 14.1 Å². The van der Waals surface area contributed by atoms with Crippen LogP contribution in [0.5, 0.6) is 0 Å². The summed E-state index contributed by atoms with van der Waals surface area (Å²) in [7, 11) is 3.42. The molecule has 0 aliphatic heterocycles. The summed E-state index contributed by atoms with van der Waals surface area (Å²) in [6.45, 7) is 3.88. The van der Waals surface area contributed by atoms with Crippen LogP contribution in [0.4, 0.5) is 0 Å². The molecule has 26 heavy (non-hydrogen) atoms. The molecule has 0 radical (unpaired) electrons. The number of carbonyl (C=O) groups is 1. The maximum Gasteiger partial charge on any atom is 0.251 e. The first-order chi connectivity index (χ1) is 12.2. The fraction of sp³-hybridized carbons (Fsp3) is 0.600. The van der Waals surface area contributed by atoms with Gasteiger partial charge < -0.3 is 16.0 Å². The molecule has 1 rings (SSSR count). The number of amides is 1. The van der Waals surface area contributed by atoms with Gasteiger partial charge in [0.2, 0.25) is 0 Å². The average molecular weight is 474 g/mol. The van der Waals surface area contributed by atoms with E-state index in [-0.39, 0.29) is 29.9 Å². The molecule has 0 atom stereocenters. The number of guanidine groups is 1. The van der Waals surface area contributed by atoms with E-state index in [1.165, 1.54) is 44.9 Å². The van der Waals surface area contributed by atoms with Crippen molar-refractivity contribution in [2.24, 2.45) is 4.99 Å². The highest BCUT2D eigenvalue weighted by molar-refractivity contribution is 14.0. The van der Waals surface area contributed by atoms with Gasteiger partial charge in [-0.15, -0.1) is 24.0 Å². The van der Waals surface area contributed by atoms with Gasteiger partial charge >= 0.3 is 0 Å². The zero-order valence-corrected chi connectivity index (χ0v) is 18.8. The first kappa shape index (κ1) is 24.7. The lowest BCUT2D eigenvalue weighted by Crippen LogP contribution is -2.37. The summed E-state index contributed by atoms with van der Waals surface area (Å²) >= 11 is 0. The van der Waals surface area contributed by atoms with E-state index < -0.39 is 0 Å². The van der Waals surface area contributed by atoms with Gasteiger partial charge in [-0.05, 0) is 24.1 Å². The molecule has 0 aromatic heterocycles. The van der Waals surface area contributed by atoms with Gasteiger partial charge in [-0.1, -0.05) is 57.6 Å². The Morgan fingerprint density at radius 2 is 1.58 bits per heavy atom. The molecular formula is C20H35IN4O. The van der Waals surface area contributed by atoms with Gasteiger partial charge in [0, 0.05) is 32.7 Å². The van der Waals surface area contributed by atoms with Crippen molar-refractivity contribution in [1.29, 1.82) is 0 Å². The van der Waals surface area contributed by atoms with Crippen molar-refractivity contribution in [3.63, 3.8) is 0 Å². The second kappa shape index (κ2) is 15.9. The van der Waals surface area contributed by atoms with E-state index in [9.17, 15) is 4.79 Å². The van der Waals surface area contributed by atoms with Crippen molar-refractivity contribution < 1.29 is 4.79 Å². The first-order valence-electron chi connectivity index (χ1n) is 9.46. The predicted octanol–water partition coefficient (Wildman–Crippen LogP) is 4.08. The minimum absolute atomic E-state index is 0. The quantitative estimate of drug-likeness (QED) is 0.196. The van der Waals surface area contributed by atoms with E-state index in [2.05, 4.69) is 27.9 Å². The topological polar surface area (TPSA) is 65.5 Å². The van der Waals surface area contributed by atoms with Crippen molar-refractivity contribution >= 4 is 35.8 Å². The van der Waals surface area contributed by atoms with Crippen molar-refractivity contribution in [3.8, 4) is 0 Å². The van der Waals surface area contributed by atoms with Gasteiger partial charge in [0.25, 0.3) is 5.91 Å². The SMILES string of the molecule is CCCCCCCCCNC(=NC)NCc1ccc(C(=O)NC)cc1.I. The molecule has 0 spiro atoms. The summed E-state index contributed by atoms with van der Waals surface area (Å²) in [6.07, 6.45) is 9.16. The lowest BCUT2D eigenvalue weighted by atomic mass is 10.1. The van der Waals surface area contributed by atoms with Crippen LogP contribution in [0.2, 0.25) is 0 Å². The van der Waals surface area contributed by atoms with Crippen LogP contribution in [0, 0.1) is 0 Å². The Hall–Kier alpha value is -1.31.